The summed E-state index contributed by atoms with van der Waals surface area (Å²) in [6.07, 6.45) is 0.0868. The molecule has 0 saturated heterocycles. The normalized spacial score (nSPS) is 9.88. The summed E-state index contributed by atoms with van der Waals surface area (Å²) in [7, 11) is 0.542. The van der Waals surface area contributed by atoms with Crippen molar-refractivity contribution in [3.8, 4) is 0 Å². The van der Waals surface area contributed by atoms with Crippen molar-refractivity contribution in [2.24, 2.45) is 11.5 Å². The van der Waals surface area contributed by atoms with Crippen LogP contribution >= 0.6 is 0 Å². The van der Waals surface area contributed by atoms with Crippen LogP contribution < -0.4 is 11.5 Å². The van der Waals surface area contributed by atoms with Gasteiger partial charge in [0, 0.05) is 20.3 Å². The van der Waals surface area contributed by atoms with Crippen molar-refractivity contribution in [1.29, 1.82) is 0 Å². The van der Waals surface area contributed by atoms with Gasteiger partial charge < -0.3 is 13.3 Å². The third kappa shape index (κ3) is 10.0. The molecule has 0 aliphatic rings. The van der Waals surface area contributed by atoms with Gasteiger partial charge in [-0.2, -0.15) is 0 Å². The Bertz CT molecular complexity index is 142. The maximum Gasteiger partial charge on any atom is 0.502 e. The van der Waals surface area contributed by atoms with Gasteiger partial charge in [-0.3, -0.25) is 11.5 Å². The lowest BCUT2D eigenvalue weighted by atomic mass is 10.6. The average molecular weight is 250 g/mol. The first-order valence-electron chi connectivity index (χ1n) is 4.89. The first-order chi connectivity index (χ1) is 7.60. The van der Waals surface area contributed by atoms with E-state index >= 15 is 0 Å². The molecule has 0 fully saturated rings. The number of nitrogens with two attached hydrogens (primary N) is 2. The Labute approximate surface area is 100 Å². The minimum absolute atomic E-state index is 0.727. The zero-order valence-electron chi connectivity index (χ0n) is 10.7. The van der Waals surface area contributed by atoms with E-state index in [9.17, 15) is 0 Å². The molecule has 0 heterocycles. The van der Waals surface area contributed by atoms with Crippen molar-refractivity contribution in [3.63, 3.8) is 0 Å². The summed E-state index contributed by atoms with van der Waals surface area (Å²) in [5.74, 6) is 0. The summed E-state index contributed by atoms with van der Waals surface area (Å²) >= 11 is 0. The molecule has 0 spiro atoms. The molecule has 0 rings (SSSR count). The second-order valence-corrected chi connectivity index (χ2v) is 5.34. The van der Waals surface area contributed by atoms with Crippen LogP contribution in [0.3, 0.4) is 0 Å². The van der Waals surface area contributed by atoms with Crippen LogP contribution in [-0.2, 0) is 13.3 Å². The molecule has 5 nitrogen and oxygen atoms in total. The summed E-state index contributed by atoms with van der Waals surface area (Å²) in [6, 6.07) is 0.727. The highest BCUT2D eigenvalue weighted by molar-refractivity contribution is 6.60. The molecule has 0 aliphatic carbocycles. The zero-order chi connectivity index (χ0) is 13.6. The molecule has 0 aromatic carbocycles. The van der Waals surface area contributed by atoms with Crippen LogP contribution in [0.25, 0.3) is 0 Å². The second kappa shape index (κ2) is 14.5. The van der Waals surface area contributed by atoms with Crippen molar-refractivity contribution in [2.75, 3.05) is 14.2 Å². The lowest BCUT2D eigenvalue weighted by Gasteiger charge is -2.27. The van der Waals surface area contributed by atoms with Gasteiger partial charge in [0.05, 0.1) is 0 Å². The lowest BCUT2D eigenvalue weighted by Crippen LogP contribution is -2.51. The fraction of sp³-hybridized carbons (Fsp3) is 0.600. The highest BCUT2D eigenvalue weighted by Crippen LogP contribution is 2.15. The molecule has 0 saturated carbocycles. The number of rotatable bonds is 6. The number of hydrogen-bond donors (Lipinski definition) is 2. The van der Waals surface area contributed by atoms with E-state index in [1.807, 2.05) is 6.92 Å². The Kier molecular flexibility index (Phi) is 18.9. The number of hydrogen-bond acceptors (Lipinski definition) is 5. The molecule has 0 unspecified atom stereocenters. The van der Waals surface area contributed by atoms with Crippen LogP contribution in [0.5, 0.6) is 0 Å². The molecule has 4 N–H and O–H groups in total. The molecular formula is C10H26N2O3Si. The van der Waals surface area contributed by atoms with Crippen LogP contribution in [0.4, 0.5) is 0 Å². The average Bonchev–Trinajstić information content (AvgIpc) is 2.33. The van der Waals surface area contributed by atoms with E-state index in [-0.39, 0.29) is 0 Å². The van der Waals surface area contributed by atoms with Gasteiger partial charge in [0.1, 0.15) is 0 Å². The predicted molar refractivity (Wildman–Crippen MR) is 70.6 cm³/mol. The van der Waals surface area contributed by atoms with Gasteiger partial charge in [-0.15, -0.1) is 26.3 Å². The molecule has 0 aromatic rings. The molecule has 98 valence electrons. The van der Waals surface area contributed by atoms with Crippen molar-refractivity contribution in [2.45, 2.75) is 25.7 Å². The van der Waals surface area contributed by atoms with E-state index in [0.717, 1.165) is 12.5 Å². The van der Waals surface area contributed by atoms with Gasteiger partial charge in [0.25, 0.3) is 0 Å². The fourth-order valence-corrected chi connectivity index (χ4v) is 2.87. The van der Waals surface area contributed by atoms with Crippen molar-refractivity contribution >= 4 is 8.80 Å². The van der Waals surface area contributed by atoms with Crippen LogP contribution in [0, 0.1) is 0 Å². The Hall–Kier alpha value is -0.503. The second-order valence-electron chi connectivity index (χ2n) is 2.42. The summed E-state index contributed by atoms with van der Waals surface area (Å²) in [5.41, 5.74) is 10.6. The van der Waals surface area contributed by atoms with Crippen molar-refractivity contribution < 1.29 is 13.3 Å². The zero-order valence-corrected chi connectivity index (χ0v) is 11.7. The summed E-state index contributed by atoms with van der Waals surface area (Å²) < 4.78 is 15.6. The van der Waals surface area contributed by atoms with Gasteiger partial charge in [-0.25, -0.2) is 0 Å². The predicted octanol–water partition coefficient (Wildman–Crippen LogP) is 1.45. The van der Waals surface area contributed by atoms with E-state index in [0.29, 0.717) is 0 Å². The molecule has 0 bridgehead atoms. The summed E-state index contributed by atoms with van der Waals surface area (Å²) in [5, 5.41) is 0. The maximum absolute atomic E-state index is 5.29. The van der Waals surface area contributed by atoms with E-state index < -0.39 is 15.2 Å². The van der Waals surface area contributed by atoms with Gasteiger partial charge in [-0.05, 0) is 0 Å². The molecule has 16 heavy (non-hydrogen) atoms. The van der Waals surface area contributed by atoms with Gasteiger partial charge in [0.15, 0.2) is 6.35 Å². The van der Waals surface area contributed by atoms with E-state index in [2.05, 4.69) is 26.3 Å². The Balaban J connectivity index is -0.000000376. The van der Waals surface area contributed by atoms with Crippen LogP contribution in [0.15, 0.2) is 26.3 Å². The molecule has 0 atom stereocenters. The quantitative estimate of drug-likeness (QED) is 0.424. The first-order valence-corrected chi connectivity index (χ1v) is 6.82. The van der Waals surface area contributed by atoms with Crippen LogP contribution in [-0.4, -0.2) is 29.4 Å². The minimum Gasteiger partial charge on any atom is -0.377 e. The largest absolute Gasteiger partial charge is 0.502 e. The fourth-order valence-electron chi connectivity index (χ4n) is 0.956. The topological polar surface area (TPSA) is 79.7 Å². The van der Waals surface area contributed by atoms with Gasteiger partial charge in [-0.1, -0.05) is 13.3 Å². The standard InChI is InChI=1S/C6H18N2O3Si.2C2H4/c1-4-5-12(9-2,10-3)11-6(7)8;2*1-2/h6H,4-5,7-8H2,1-3H3;2*1-2H2. The first kappa shape index (κ1) is 20.9. The molecule has 0 aliphatic heterocycles. The molecule has 0 aromatic heterocycles. The SMILES string of the molecule is C=C.C=C.CCC[Si](OC)(OC)OC(N)N. The maximum atomic E-state index is 5.29. The molecular weight excluding hydrogens is 224 g/mol. The highest BCUT2D eigenvalue weighted by atomic mass is 28.4. The van der Waals surface area contributed by atoms with E-state index in [4.69, 9.17) is 24.7 Å². The smallest absolute Gasteiger partial charge is 0.377 e. The third-order valence-electron chi connectivity index (χ3n) is 1.49. The minimum atomic E-state index is -2.56. The van der Waals surface area contributed by atoms with Gasteiger partial charge in [0.2, 0.25) is 0 Å². The van der Waals surface area contributed by atoms with Crippen LogP contribution in [0.2, 0.25) is 6.04 Å². The van der Waals surface area contributed by atoms with Crippen molar-refractivity contribution in [3.05, 3.63) is 26.3 Å². The van der Waals surface area contributed by atoms with Gasteiger partial charge >= 0.3 is 8.80 Å². The van der Waals surface area contributed by atoms with E-state index in [1.54, 1.807) is 14.2 Å². The highest BCUT2D eigenvalue weighted by Gasteiger charge is 2.39. The summed E-state index contributed by atoms with van der Waals surface area (Å²) in [4.78, 5) is 0. The molecule has 0 radical (unpaired) electrons. The Morgan fingerprint density at radius 3 is 1.62 bits per heavy atom. The lowest BCUT2D eigenvalue weighted by molar-refractivity contribution is 0.0602. The molecule has 6 heteroatoms. The summed E-state index contributed by atoms with van der Waals surface area (Å²) in [6.45, 7) is 14.0. The Morgan fingerprint density at radius 1 is 1.06 bits per heavy atom. The third-order valence-corrected chi connectivity index (χ3v) is 4.48. The monoisotopic (exact) mass is 250 g/mol. The molecule has 0 amide bonds. The van der Waals surface area contributed by atoms with Crippen molar-refractivity contribution in [1.82, 2.24) is 0 Å². The Morgan fingerprint density at radius 2 is 1.44 bits per heavy atom. The van der Waals surface area contributed by atoms with E-state index in [1.165, 1.54) is 0 Å². The van der Waals surface area contributed by atoms with Crippen LogP contribution in [0.1, 0.15) is 13.3 Å².